The number of hydrogen-bond donors (Lipinski definition) is 1. The van der Waals surface area contributed by atoms with Gasteiger partial charge in [0, 0.05) is 31.4 Å². The highest BCUT2D eigenvalue weighted by molar-refractivity contribution is 7.90. The van der Waals surface area contributed by atoms with E-state index in [2.05, 4.69) is 10.3 Å². The third kappa shape index (κ3) is 3.26. The van der Waals surface area contributed by atoms with Crippen LogP contribution in [0.4, 0.5) is 0 Å². The van der Waals surface area contributed by atoms with E-state index in [0.717, 1.165) is 36.9 Å². The lowest BCUT2D eigenvalue weighted by Crippen LogP contribution is -2.49. The molecule has 1 aromatic rings. The van der Waals surface area contributed by atoms with Crippen molar-refractivity contribution in [3.63, 3.8) is 0 Å². The molecule has 0 radical (unpaired) electrons. The lowest BCUT2D eigenvalue weighted by atomic mass is 10.1. The molecule has 1 saturated heterocycles. The van der Waals surface area contributed by atoms with Gasteiger partial charge >= 0.3 is 0 Å². The SMILES string of the molecule is Cc1cccnc1CCNC(=O)CN1CCCC2(CC2)S1(=O)=O. The minimum atomic E-state index is -3.31. The van der Waals surface area contributed by atoms with Crippen LogP contribution < -0.4 is 5.32 Å². The maximum Gasteiger partial charge on any atom is 0.235 e. The number of nitrogens with one attached hydrogen (secondary N) is 1. The van der Waals surface area contributed by atoms with Crippen LogP contribution in [0.3, 0.4) is 0 Å². The number of sulfonamides is 1. The summed E-state index contributed by atoms with van der Waals surface area (Å²) in [4.78, 5) is 16.4. The summed E-state index contributed by atoms with van der Waals surface area (Å²) in [7, 11) is -3.31. The van der Waals surface area contributed by atoms with Crippen molar-refractivity contribution >= 4 is 15.9 Å². The van der Waals surface area contributed by atoms with Gasteiger partial charge in [0.1, 0.15) is 0 Å². The van der Waals surface area contributed by atoms with Crippen LogP contribution in [-0.2, 0) is 21.2 Å². The first-order chi connectivity index (χ1) is 10.9. The summed E-state index contributed by atoms with van der Waals surface area (Å²) in [5, 5.41) is 2.81. The van der Waals surface area contributed by atoms with E-state index in [9.17, 15) is 13.2 Å². The zero-order valence-corrected chi connectivity index (χ0v) is 14.2. The average Bonchev–Trinajstić information content (AvgIpc) is 3.28. The Hall–Kier alpha value is -1.47. The van der Waals surface area contributed by atoms with Gasteiger partial charge in [0.25, 0.3) is 0 Å². The maximum atomic E-state index is 12.5. The van der Waals surface area contributed by atoms with Gasteiger partial charge in [0.05, 0.1) is 11.3 Å². The van der Waals surface area contributed by atoms with Crippen LogP contribution in [0.15, 0.2) is 18.3 Å². The molecule has 1 aliphatic heterocycles. The van der Waals surface area contributed by atoms with Gasteiger partial charge in [-0.3, -0.25) is 9.78 Å². The highest BCUT2D eigenvalue weighted by Gasteiger charge is 2.58. The predicted octanol–water partition coefficient (Wildman–Crippen LogP) is 1.01. The largest absolute Gasteiger partial charge is 0.355 e. The van der Waals surface area contributed by atoms with Crippen molar-refractivity contribution in [3.05, 3.63) is 29.6 Å². The molecule has 6 nitrogen and oxygen atoms in total. The Balaban J connectivity index is 1.51. The second-order valence-corrected chi connectivity index (χ2v) is 8.82. The highest BCUT2D eigenvalue weighted by atomic mass is 32.2. The molecule has 1 aromatic heterocycles. The van der Waals surface area contributed by atoms with E-state index in [1.165, 1.54) is 4.31 Å². The van der Waals surface area contributed by atoms with Crippen molar-refractivity contribution in [1.29, 1.82) is 0 Å². The fraction of sp³-hybridized carbons (Fsp3) is 0.625. The molecule has 3 rings (SSSR count). The minimum Gasteiger partial charge on any atom is -0.355 e. The van der Waals surface area contributed by atoms with E-state index in [1.54, 1.807) is 6.20 Å². The topological polar surface area (TPSA) is 79.4 Å². The number of carbonyl (C=O) groups is 1. The maximum absolute atomic E-state index is 12.5. The number of rotatable bonds is 5. The van der Waals surface area contributed by atoms with Gasteiger partial charge in [-0.25, -0.2) is 8.42 Å². The van der Waals surface area contributed by atoms with Crippen molar-refractivity contribution in [1.82, 2.24) is 14.6 Å². The van der Waals surface area contributed by atoms with Crippen LogP contribution in [0, 0.1) is 6.92 Å². The molecule has 1 saturated carbocycles. The number of aryl methyl sites for hydroxylation is 1. The van der Waals surface area contributed by atoms with Crippen LogP contribution in [0.1, 0.15) is 36.9 Å². The Morgan fingerprint density at radius 1 is 1.39 bits per heavy atom. The van der Waals surface area contributed by atoms with Crippen LogP contribution >= 0.6 is 0 Å². The zero-order valence-electron chi connectivity index (χ0n) is 13.4. The molecule has 0 bridgehead atoms. The molecule has 1 aliphatic carbocycles. The Morgan fingerprint density at radius 2 is 2.17 bits per heavy atom. The van der Waals surface area contributed by atoms with E-state index in [-0.39, 0.29) is 12.5 Å². The van der Waals surface area contributed by atoms with Crippen LogP contribution in [0.25, 0.3) is 0 Å². The highest BCUT2D eigenvalue weighted by Crippen LogP contribution is 2.50. The molecule has 2 heterocycles. The molecule has 0 aromatic carbocycles. The molecule has 0 unspecified atom stereocenters. The van der Waals surface area contributed by atoms with Crippen molar-refractivity contribution < 1.29 is 13.2 Å². The molecule has 2 fully saturated rings. The van der Waals surface area contributed by atoms with E-state index in [0.29, 0.717) is 19.5 Å². The third-order valence-electron chi connectivity index (χ3n) is 4.86. The fourth-order valence-electron chi connectivity index (χ4n) is 3.23. The van der Waals surface area contributed by atoms with Crippen molar-refractivity contribution in [3.8, 4) is 0 Å². The fourth-order valence-corrected chi connectivity index (χ4v) is 5.45. The summed E-state index contributed by atoms with van der Waals surface area (Å²) < 4.78 is 25.8. The Bertz CT molecular complexity index is 698. The summed E-state index contributed by atoms with van der Waals surface area (Å²) in [5.74, 6) is -0.236. The van der Waals surface area contributed by atoms with E-state index in [1.807, 2.05) is 19.1 Å². The molecule has 126 valence electrons. The van der Waals surface area contributed by atoms with Gasteiger partial charge in [-0.2, -0.15) is 4.31 Å². The first kappa shape index (κ1) is 16.4. The normalized spacial score (nSPS) is 22.0. The average molecular weight is 337 g/mol. The van der Waals surface area contributed by atoms with Gasteiger partial charge in [-0.05, 0) is 44.2 Å². The quantitative estimate of drug-likeness (QED) is 0.869. The van der Waals surface area contributed by atoms with Gasteiger partial charge in [0.2, 0.25) is 15.9 Å². The molecule has 1 amide bonds. The Morgan fingerprint density at radius 3 is 2.87 bits per heavy atom. The molecule has 23 heavy (non-hydrogen) atoms. The van der Waals surface area contributed by atoms with Gasteiger partial charge in [-0.1, -0.05) is 6.07 Å². The van der Waals surface area contributed by atoms with Crippen molar-refractivity contribution in [2.45, 2.75) is 43.8 Å². The predicted molar refractivity (Wildman–Crippen MR) is 87.4 cm³/mol. The monoisotopic (exact) mass is 337 g/mol. The summed E-state index contributed by atoms with van der Waals surface area (Å²) in [6.45, 7) is 2.84. The zero-order chi connectivity index (χ0) is 16.5. The molecule has 0 atom stereocenters. The summed E-state index contributed by atoms with van der Waals surface area (Å²) >= 11 is 0. The summed E-state index contributed by atoms with van der Waals surface area (Å²) in [6, 6.07) is 3.87. The lowest BCUT2D eigenvalue weighted by molar-refractivity contribution is -0.121. The molecular formula is C16H23N3O3S. The number of amides is 1. The van der Waals surface area contributed by atoms with Crippen molar-refractivity contribution in [2.75, 3.05) is 19.6 Å². The first-order valence-electron chi connectivity index (χ1n) is 8.12. The van der Waals surface area contributed by atoms with Gasteiger partial charge in [-0.15, -0.1) is 0 Å². The van der Waals surface area contributed by atoms with E-state index in [4.69, 9.17) is 0 Å². The number of aromatic nitrogens is 1. The standard InChI is InChI=1S/C16H23N3O3S/c1-13-4-2-9-17-14(13)5-10-18-15(20)12-19-11-3-6-16(7-8-16)23(19,21)22/h2,4,9H,3,5-8,10-12H2,1H3,(H,18,20). The third-order valence-corrected chi connectivity index (χ3v) is 7.55. The minimum absolute atomic E-state index is 0.0642. The summed E-state index contributed by atoms with van der Waals surface area (Å²) in [5.41, 5.74) is 2.05. The Labute approximate surface area is 137 Å². The lowest BCUT2D eigenvalue weighted by Gasteiger charge is -2.32. The number of pyridine rings is 1. The molecule has 1 spiro atoms. The molecule has 1 N–H and O–H groups in total. The van der Waals surface area contributed by atoms with E-state index >= 15 is 0 Å². The first-order valence-corrected chi connectivity index (χ1v) is 9.56. The summed E-state index contributed by atoms with van der Waals surface area (Å²) in [6.07, 6.45) is 5.46. The van der Waals surface area contributed by atoms with Crippen LogP contribution in [0.2, 0.25) is 0 Å². The number of nitrogens with zero attached hydrogens (tertiary/aromatic N) is 2. The molecule has 2 aliphatic rings. The van der Waals surface area contributed by atoms with Gasteiger partial charge in [0.15, 0.2) is 0 Å². The van der Waals surface area contributed by atoms with E-state index < -0.39 is 14.8 Å². The number of carbonyl (C=O) groups excluding carboxylic acids is 1. The second-order valence-electron chi connectivity index (χ2n) is 6.49. The Kier molecular flexibility index (Phi) is 4.42. The second kappa shape index (κ2) is 6.20. The van der Waals surface area contributed by atoms with Crippen molar-refractivity contribution in [2.24, 2.45) is 0 Å². The van der Waals surface area contributed by atoms with Crippen LogP contribution in [-0.4, -0.2) is 48.0 Å². The smallest absolute Gasteiger partial charge is 0.235 e. The van der Waals surface area contributed by atoms with Crippen LogP contribution in [0.5, 0.6) is 0 Å². The number of hydrogen-bond acceptors (Lipinski definition) is 4. The molecule has 7 heteroatoms. The van der Waals surface area contributed by atoms with Gasteiger partial charge < -0.3 is 5.32 Å². The molecular weight excluding hydrogens is 314 g/mol.